The monoisotopic (exact) mass is 247 g/mol. The average molecular weight is 247 g/mol. The lowest BCUT2D eigenvalue weighted by Crippen LogP contribution is -2.45. The molecule has 0 bridgehead atoms. The third kappa shape index (κ3) is 3.56. The van der Waals surface area contributed by atoms with E-state index in [0.717, 1.165) is 19.4 Å². The van der Waals surface area contributed by atoms with E-state index in [1.807, 2.05) is 13.8 Å². The Kier molecular flexibility index (Phi) is 4.50. The van der Waals surface area contributed by atoms with Crippen molar-refractivity contribution in [1.29, 1.82) is 0 Å². The smallest absolute Gasteiger partial charge is 0.153 e. The van der Waals surface area contributed by atoms with E-state index in [1.165, 1.54) is 0 Å². The van der Waals surface area contributed by atoms with Gasteiger partial charge in [-0.25, -0.2) is 8.42 Å². The van der Waals surface area contributed by atoms with Gasteiger partial charge in [-0.1, -0.05) is 6.92 Å². The van der Waals surface area contributed by atoms with E-state index in [1.54, 1.807) is 0 Å². The molecular weight excluding hydrogens is 226 g/mol. The zero-order valence-electron chi connectivity index (χ0n) is 10.1. The number of hydrogen-bond acceptors (Lipinski definition) is 4. The predicted molar refractivity (Wildman–Crippen MR) is 64.2 cm³/mol. The van der Waals surface area contributed by atoms with Gasteiger partial charge in [0.1, 0.15) is 0 Å². The maximum atomic E-state index is 11.9. The summed E-state index contributed by atoms with van der Waals surface area (Å²) in [5.74, 6) is 0.214. The van der Waals surface area contributed by atoms with Crippen LogP contribution in [0.4, 0.5) is 0 Å². The lowest BCUT2D eigenvalue weighted by molar-refractivity contribution is -0.123. The van der Waals surface area contributed by atoms with Crippen LogP contribution >= 0.6 is 0 Å². The molecule has 1 aliphatic heterocycles. The molecule has 0 aliphatic carbocycles. The number of rotatable bonds is 6. The number of Topliss-reactive ketones (excluding diaryl/α,β-unsaturated/α-hetero) is 1. The van der Waals surface area contributed by atoms with Gasteiger partial charge in [0, 0.05) is 12.2 Å². The van der Waals surface area contributed by atoms with Crippen LogP contribution in [-0.2, 0) is 14.6 Å². The zero-order chi connectivity index (χ0) is 12.2. The van der Waals surface area contributed by atoms with Crippen LogP contribution in [0.25, 0.3) is 0 Å². The van der Waals surface area contributed by atoms with Crippen LogP contribution in [0.2, 0.25) is 0 Å². The molecule has 0 amide bonds. The molecule has 1 aliphatic rings. The topological polar surface area (TPSA) is 63.2 Å². The lowest BCUT2D eigenvalue weighted by atomic mass is 9.93. The molecule has 94 valence electrons. The van der Waals surface area contributed by atoms with Gasteiger partial charge in [-0.2, -0.15) is 0 Å². The number of carbonyl (C=O) groups is 1. The van der Waals surface area contributed by atoms with Crippen molar-refractivity contribution in [3.8, 4) is 0 Å². The molecule has 4 nitrogen and oxygen atoms in total. The Bertz CT molecular complexity index is 342. The van der Waals surface area contributed by atoms with Crippen molar-refractivity contribution in [2.24, 2.45) is 0 Å². The highest BCUT2D eigenvalue weighted by Gasteiger charge is 2.35. The molecule has 1 rings (SSSR count). The second kappa shape index (κ2) is 5.27. The van der Waals surface area contributed by atoms with Crippen LogP contribution in [0.5, 0.6) is 0 Å². The van der Waals surface area contributed by atoms with Crippen molar-refractivity contribution in [3.05, 3.63) is 0 Å². The SMILES string of the molecule is CCCS(=O)(=O)CCC(=O)C1(C)CCCN1. The maximum absolute atomic E-state index is 11.9. The normalized spacial score (nSPS) is 25.9. The van der Waals surface area contributed by atoms with Crippen molar-refractivity contribution in [2.45, 2.75) is 45.1 Å². The molecule has 1 saturated heterocycles. The van der Waals surface area contributed by atoms with E-state index in [-0.39, 0.29) is 23.7 Å². The summed E-state index contributed by atoms with van der Waals surface area (Å²) in [5.41, 5.74) is -0.484. The average Bonchev–Trinajstić information content (AvgIpc) is 2.63. The molecule has 0 spiro atoms. The molecular formula is C11H21NO3S. The first kappa shape index (κ1) is 13.6. The fraction of sp³-hybridized carbons (Fsp3) is 0.909. The van der Waals surface area contributed by atoms with E-state index in [4.69, 9.17) is 0 Å². The van der Waals surface area contributed by atoms with E-state index in [9.17, 15) is 13.2 Å². The van der Waals surface area contributed by atoms with Crippen LogP contribution in [0.3, 0.4) is 0 Å². The molecule has 1 N–H and O–H groups in total. The Morgan fingerprint density at radius 2 is 2.06 bits per heavy atom. The molecule has 1 fully saturated rings. The minimum absolute atomic E-state index is 0.00303. The first-order valence-corrected chi connectivity index (χ1v) is 7.70. The lowest BCUT2D eigenvalue weighted by Gasteiger charge is -2.22. The van der Waals surface area contributed by atoms with Crippen LogP contribution in [0, 0.1) is 0 Å². The highest BCUT2D eigenvalue weighted by atomic mass is 32.2. The largest absolute Gasteiger partial charge is 0.305 e. The highest BCUT2D eigenvalue weighted by Crippen LogP contribution is 2.21. The fourth-order valence-corrected chi connectivity index (χ4v) is 3.39. The summed E-state index contributed by atoms with van der Waals surface area (Å²) >= 11 is 0. The van der Waals surface area contributed by atoms with Crippen LogP contribution in [0.15, 0.2) is 0 Å². The summed E-state index contributed by atoms with van der Waals surface area (Å²) < 4.78 is 23.0. The molecule has 0 aromatic heterocycles. The Morgan fingerprint density at radius 1 is 1.38 bits per heavy atom. The van der Waals surface area contributed by atoms with Crippen molar-refractivity contribution in [2.75, 3.05) is 18.1 Å². The standard InChI is InChI=1S/C11H21NO3S/c1-3-8-16(14,15)9-5-10(13)11(2)6-4-7-12-11/h12H,3-9H2,1-2H3. The first-order chi connectivity index (χ1) is 7.40. The van der Waals surface area contributed by atoms with E-state index < -0.39 is 15.4 Å². The van der Waals surface area contributed by atoms with Crippen molar-refractivity contribution in [3.63, 3.8) is 0 Å². The van der Waals surface area contributed by atoms with Gasteiger partial charge in [-0.3, -0.25) is 4.79 Å². The van der Waals surface area contributed by atoms with Gasteiger partial charge in [0.05, 0.1) is 11.3 Å². The summed E-state index contributed by atoms with van der Waals surface area (Å²) in [6.07, 6.45) is 2.57. The summed E-state index contributed by atoms with van der Waals surface area (Å²) in [6.45, 7) is 4.55. The number of hydrogen-bond donors (Lipinski definition) is 1. The number of sulfone groups is 1. The van der Waals surface area contributed by atoms with Crippen molar-refractivity contribution < 1.29 is 13.2 Å². The molecule has 16 heavy (non-hydrogen) atoms. The third-order valence-corrected chi connectivity index (χ3v) is 5.00. The Hall–Kier alpha value is -0.420. The highest BCUT2D eigenvalue weighted by molar-refractivity contribution is 7.91. The first-order valence-electron chi connectivity index (χ1n) is 5.88. The Morgan fingerprint density at radius 3 is 2.56 bits per heavy atom. The van der Waals surface area contributed by atoms with Crippen LogP contribution in [-0.4, -0.2) is 37.8 Å². The number of nitrogens with one attached hydrogen (secondary N) is 1. The summed E-state index contributed by atoms with van der Waals surface area (Å²) in [4.78, 5) is 11.9. The number of ketones is 1. The van der Waals surface area contributed by atoms with Gasteiger partial charge < -0.3 is 5.32 Å². The van der Waals surface area contributed by atoms with Gasteiger partial charge >= 0.3 is 0 Å². The van der Waals surface area contributed by atoms with Crippen LogP contribution in [0.1, 0.15) is 39.5 Å². The fourth-order valence-electron chi connectivity index (χ4n) is 2.07. The van der Waals surface area contributed by atoms with Gasteiger partial charge in [-0.05, 0) is 32.7 Å². The molecule has 1 atom stereocenters. The van der Waals surface area contributed by atoms with E-state index in [2.05, 4.69) is 5.32 Å². The number of carbonyl (C=O) groups excluding carboxylic acids is 1. The molecule has 1 heterocycles. The molecule has 0 radical (unpaired) electrons. The molecule has 0 saturated carbocycles. The Balaban J connectivity index is 2.47. The summed E-state index contributed by atoms with van der Waals surface area (Å²) in [7, 11) is -3.03. The molecule has 0 aromatic rings. The Labute approximate surface area is 97.7 Å². The predicted octanol–water partition coefficient (Wildman–Crippen LogP) is 0.912. The van der Waals surface area contributed by atoms with Gasteiger partial charge in [0.15, 0.2) is 15.6 Å². The van der Waals surface area contributed by atoms with Gasteiger partial charge in [0.2, 0.25) is 0 Å². The van der Waals surface area contributed by atoms with Gasteiger partial charge in [-0.15, -0.1) is 0 Å². The zero-order valence-corrected chi connectivity index (χ0v) is 10.9. The second-order valence-electron chi connectivity index (χ2n) is 4.69. The maximum Gasteiger partial charge on any atom is 0.153 e. The van der Waals surface area contributed by atoms with Crippen LogP contribution < -0.4 is 5.32 Å². The summed E-state index contributed by atoms with van der Waals surface area (Å²) in [6, 6.07) is 0. The minimum Gasteiger partial charge on any atom is -0.305 e. The molecule has 5 heteroatoms. The van der Waals surface area contributed by atoms with Crippen molar-refractivity contribution >= 4 is 15.6 Å². The third-order valence-electron chi connectivity index (χ3n) is 3.14. The van der Waals surface area contributed by atoms with Crippen molar-refractivity contribution in [1.82, 2.24) is 5.32 Å². The summed E-state index contributed by atoms with van der Waals surface area (Å²) in [5, 5.41) is 3.16. The van der Waals surface area contributed by atoms with E-state index >= 15 is 0 Å². The minimum atomic E-state index is -3.03. The van der Waals surface area contributed by atoms with E-state index in [0.29, 0.717) is 6.42 Å². The van der Waals surface area contributed by atoms with Gasteiger partial charge in [0.25, 0.3) is 0 Å². The quantitative estimate of drug-likeness (QED) is 0.758. The second-order valence-corrected chi connectivity index (χ2v) is 6.99. The molecule has 1 unspecified atom stereocenters. The molecule has 0 aromatic carbocycles.